The highest BCUT2D eigenvalue weighted by molar-refractivity contribution is 5.28. The van der Waals surface area contributed by atoms with E-state index in [1.54, 1.807) is 0 Å². The van der Waals surface area contributed by atoms with Gasteiger partial charge in [-0.15, -0.1) is 6.58 Å². The van der Waals surface area contributed by atoms with Crippen molar-refractivity contribution in [3.8, 4) is 11.5 Å². The van der Waals surface area contributed by atoms with Crippen molar-refractivity contribution in [2.45, 2.75) is 96.1 Å². The second-order valence-electron chi connectivity index (χ2n) is 9.53. The van der Waals surface area contributed by atoms with Crippen LogP contribution in [0.1, 0.15) is 68.9 Å². The monoisotopic (exact) mass is 466 g/mol. The first-order valence-electron chi connectivity index (χ1n) is 12.9. The van der Waals surface area contributed by atoms with Crippen molar-refractivity contribution in [3.05, 3.63) is 72.3 Å². The number of aliphatic hydroxyl groups excluding tert-OH is 1. The summed E-state index contributed by atoms with van der Waals surface area (Å²) in [6, 6.07) is 16.1. The number of allylic oxidation sites excluding steroid dienone is 1. The number of unbranched alkanes of at least 4 members (excludes halogenated alkanes) is 7. The van der Waals surface area contributed by atoms with E-state index in [9.17, 15) is 5.11 Å². The van der Waals surface area contributed by atoms with Gasteiger partial charge in [0.05, 0.1) is 12.7 Å². The molecule has 0 radical (unpaired) electrons. The zero-order valence-electron chi connectivity index (χ0n) is 21.0. The van der Waals surface area contributed by atoms with E-state index in [4.69, 9.17) is 14.2 Å². The Balaban J connectivity index is 1.60. The fourth-order valence-electron chi connectivity index (χ4n) is 4.53. The minimum absolute atomic E-state index is 0.0918. The first kappa shape index (κ1) is 26.3. The summed E-state index contributed by atoms with van der Waals surface area (Å²) in [6.07, 6.45) is 11.5. The van der Waals surface area contributed by atoms with Gasteiger partial charge in [0.2, 0.25) is 0 Å². The van der Waals surface area contributed by atoms with E-state index in [0.29, 0.717) is 0 Å². The van der Waals surface area contributed by atoms with Crippen molar-refractivity contribution in [1.29, 1.82) is 0 Å². The Kier molecular flexibility index (Phi) is 11.0. The maximum Gasteiger partial charge on any atom is 0.166 e. The molecule has 1 heterocycles. The van der Waals surface area contributed by atoms with Gasteiger partial charge in [0.15, 0.2) is 12.2 Å². The molecule has 0 aromatic heterocycles. The van der Waals surface area contributed by atoms with E-state index >= 15 is 0 Å². The molecule has 1 aliphatic rings. The molecule has 1 saturated heterocycles. The molecule has 3 rings (SSSR count). The van der Waals surface area contributed by atoms with E-state index in [1.807, 2.05) is 42.5 Å². The summed E-state index contributed by atoms with van der Waals surface area (Å²) in [5, 5.41) is 10.1. The second kappa shape index (κ2) is 14.2. The highest BCUT2D eigenvalue weighted by Crippen LogP contribution is 2.32. The molecule has 0 spiro atoms. The smallest absolute Gasteiger partial charge is 0.166 e. The Bertz CT molecular complexity index is 830. The van der Waals surface area contributed by atoms with Gasteiger partial charge in [-0.25, -0.2) is 0 Å². The molecule has 0 aliphatic carbocycles. The molecule has 0 unspecified atom stereocenters. The van der Waals surface area contributed by atoms with Crippen LogP contribution in [0.5, 0.6) is 11.5 Å². The standard InChI is InChI=1S/C30H42O4/c1-4-5-6-7-8-9-10-11-12-13-27-29(32-25-18-14-23(2)15-19-25)30(28(22-31)34-27)33-26-20-16-24(3)17-21-26/h4,14-21,27-31H,1,5-13,22H2,2-3H3/t27-,28-,29-,30-/m1/s1. The number of hydrogen-bond donors (Lipinski definition) is 1. The molecule has 2 aromatic rings. The third-order valence-electron chi connectivity index (χ3n) is 6.57. The predicted molar refractivity (Wildman–Crippen MR) is 139 cm³/mol. The Morgan fingerprint density at radius 2 is 1.21 bits per heavy atom. The van der Waals surface area contributed by atoms with Gasteiger partial charge >= 0.3 is 0 Å². The molecule has 1 fully saturated rings. The molecule has 4 nitrogen and oxygen atoms in total. The van der Waals surface area contributed by atoms with Gasteiger partial charge in [-0.1, -0.05) is 80.0 Å². The fourth-order valence-corrected chi connectivity index (χ4v) is 4.53. The molecule has 4 atom stereocenters. The minimum Gasteiger partial charge on any atom is -0.484 e. The van der Waals surface area contributed by atoms with Crippen molar-refractivity contribution in [2.75, 3.05) is 6.61 Å². The maximum atomic E-state index is 10.1. The summed E-state index contributed by atoms with van der Waals surface area (Å²) >= 11 is 0. The van der Waals surface area contributed by atoms with E-state index < -0.39 is 6.10 Å². The van der Waals surface area contributed by atoms with Crippen LogP contribution < -0.4 is 9.47 Å². The molecular weight excluding hydrogens is 424 g/mol. The third kappa shape index (κ3) is 8.18. The van der Waals surface area contributed by atoms with Crippen LogP contribution in [0.3, 0.4) is 0 Å². The SMILES string of the molecule is C=CCCCCCCCCC[C@H]1O[C@H](CO)[C@@H](Oc2ccc(C)cc2)[C@@H]1Oc1ccc(C)cc1. The Hall–Kier alpha value is -2.30. The topological polar surface area (TPSA) is 47.9 Å². The number of aryl methyl sites for hydroxylation is 2. The van der Waals surface area contributed by atoms with Gasteiger partial charge in [0, 0.05) is 0 Å². The Labute approximate surface area is 205 Å². The van der Waals surface area contributed by atoms with Crippen LogP contribution in [0.25, 0.3) is 0 Å². The van der Waals surface area contributed by atoms with Gasteiger partial charge in [0.1, 0.15) is 17.6 Å². The van der Waals surface area contributed by atoms with Gasteiger partial charge in [0.25, 0.3) is 0 Å². The summed E-state index contributed by atoms with van der Waals surface area (Å²) in [7, 11) is 0. The van der Waals surface area contributed by atoms with Crippen molar-refractivity contribution in [3.63, 3.8) is 0 Å². The van der Waals surface area contributed by atoms with Crippen molar-refractivity contribution >= 4 is 0 Å². The molecule has 34 heavy (non-hydrogen) atoms. The van der Waals surface area contributed by atoms with Crippen LogP contribution in [0.4, 0.5) is 0 Å². The third-order valence-corrected chi connectivity index (χ3v) is 6.57. The quantitative estimate of drug-likeness (QED) is 0.228. The lowest BCUT2D eigenvalue weighted by Crippen LogP contribution is -2.43. The van der Waals surface area contributed by atoms with Crippen LogP contribution in [0.15, 0.2) is 61.2 Å². The molecule has 1 aliphatic heterocycles. The number of hydrogen-bond acceptors (Lipinski definition) is 4. The van der Waals surface area contributed by atoms with Crippen LogP contribution in [-0.4, -0.2) is 36.1 Å². The molecule has 0 bridgehead atoms. The molecule has 0 saturated carbocycles. The zero-order chi connectivity index (χ0) is 24.2. The summed E-state index contributed by atoms with van der Waals surface area (Å²) in [5.41, 5.74) is 2.37. The number of rotatable bonds is 15. The highest BCUT2D eigenvalue weighted by atomic mass is 16.6. The van der Waals surface area contributed by atoms with Crippen molar-refractivity contribution in [1.82, 2.24) is 0 Å². The molecule has 1 N–H and O–H groups in total. The number of aliphatic hydroxyl groups is 1. The normalized spacial score (nSPS) is 22.0. The summed E-state index contributed by atoms with van der Waals surface area (Å²) in [6.45, 7) is 7.82. The van der Waals surface area contributed by atoms with Crippen LogP contribution in [0, 0.1) is 13.8 Å². The summed E-state index contributed by atoms with van der Waals surface area (Å²) in [5.74, 6) is 1.58. The lowest BCUT2D eigenvalue weighted by molar-refractivity contribution is -0.0203. The average Bonchev–Trinajstić information content (AvgIpc) is 3.16. The first-order chi connectivity index (χ1) is 16.6. The lowest BCUT2D eigenvalue weighted by Gasteiger charge is -2.26. The van der Waals surface area contributed by atoms with Gasteiger partial charge < -0.3 is 19.3 Å². The maximum absolute atomic E-state index is 10.1. The van der Waals surface area contributed by atoms with Gasteiger partial charge in [-0.3, -0.25) is 0 Å². The van der Waals surface area contributed by atoms with Crippen LogP contribution in [0.2, 0.25) is 0 Å². The largest absolute Gasteiger partial charge is 0.484 e. The predicted octanol–water partition coefficient (Wildman–Crippen LogP) is 6.96. The average molecular weight is 467 g/mol. The number of ether oxygens (including phenoxy) is 3. The molecule has 186 valence electrons. The summed E-state index contributed by atoms with van der Waals surface area (Å²) in [4.78, 5) is 0. The fraction of sp³-hybridized carbons (Fsp3) is 0.533. The first-order valence-corrected chi connectivity index (χ1v) is 12.9. The second-order valence-corrected chi connectivity index (χ2v) is 9.53. The molecule has 0 amide bonds. The van der Waals surface area contributed by atoms with Gasteiger partial charge in [-0.05, 0) is 57.4 Å². The molecule has 2 aromatic carbocycles. The van der Waals surface area contributed by atoms with Crippen LogP contribution in [-0.2, 0) is 4.74 Å². The molecule has 4 heteroatoms. The van der Waals surface area contributed by atoms with E-state index in [1.165, 1.54) is 49.7 Å². The van der Waals surface area contributed by atoms with E-state index in [2.05, 4.69) is 32.6 Å². The van der Waals surface area contributed by atoms with E-state index in [-0.39, 0.29) is 24.9 Å². The zero-order valence-corrected chi connectivity index (χ0v) is 21.0. The number of benzene rings is 2. The lowest BCUT2D eigenvalue weighted by atomic mass is 10.0. The van der Waals surface area contributed by atoms with Gasteiger partial charge in [-0.2, -0.15) is 0 Å². The van der Waals surface area contributed by atoms with Crippen molar-refractivity contribution < 1.29 is 19.3 Å². The Morgan fingerprint density at radius 1 is 0.735 bits per heavy atom. The highest BCUT2D eigenvalue weighted by Gasteiger charge is 2.47. The Morgan fingerprint density at radius 3 is 1.71 bits per heavy atom. The molecular formula is C30H42O4. The van der Waals surface area contributed by atoms with E-state index in [0.717, 1.165) is 30.8 Å². The summed E-state index contributed by atoms with van der Waals surface area (Å²) < 4.78 is 19.1. The van der Waals surface area contributed by atoms with Crippen LogP contribution >= 0.6 is 0 Å². The van der Waals surface area contributed by atoms with Crippen molar-refractivity contribution in [2.24, 2.45) is 0 Å². The minimum atomic E-state index is -0.411.